The van der Waals surface area contributed by atoms with E-state index in [1.165, 1.54) is 0 Å². The number of aryl methyl sites for hydroxylation is 1. The standard InChI is InChI=1S/C10H11N3O/c1-3-8-4-10(14)13(6-8)9-5-11-12(2)7-9/h1,5,7-8H,4,6H2,2H3. The van der Waals surface area contributed by atoms with E-state index in [1.54, 1.807) is 15.8 Å². The first kappa shape index (κ1) is 8.82. The van der Waals surface area contributed by atoms with E-state index in [0.29, 0.717) is 13.0 Å². The fourth-order valence-corrected chi connectivity index (χ4v) is 1.62. The van der Waals surface area contributed by atoms with Gasteiger partial charge in [-0.3, -0.25) is 9.48 Å². The zero-order chi connectivity index (χ0) is 10.1. The molecule has 4 heteroatoms. The Morgan fingerprint density at radius 2 is 2.50 bits per heavy atom. The van der Waals surface area contributed by atoms with Crippen LogP contribution in [0.1, 0.15) is 6.42 Å². The van der Waals surface area contributed by atoms with Crippen molar-refractivity contribution in [1.82, 2.24) is 9.78 Å². The van der Waals surface area contributed by atoms with Crippen molar-refractivity contribution < 1.29 is 4.79 Å². The summed E-state index contributed by atoms with van der Waals surface area (Å²) in [6, 6.07) is 0. The SMILES string of the molecule is C#CC1CC(=O)N(c2cnn(C)c2)C1. The molecule has 1 aromatic rings. The highest BCUT2D eigenvalue weighted by Gasteiger charge is 2.29. The molecule has 2 rings (SSSR count). The van der Waals surface area contributed by atoms with Crippen molar-refractivity contribution in [1.29, 1.82) is 0 Å². The molecule has 0 aromatic carbocycles. The van der Waals surface area contributed by atoms with Crippen LogP contribution in [0.3, 0.4) is 0 Å². The van der Waals surface area contributed by atoms with Gasteiger partial charge in [0.1, 0.15) is 0 Å². The molecule has 1 atom stereocenters. The van der Waals surface area contributed by atoms with Crippen LogP contribution in [0.5, 0.6) is 0 Å². The summed E-state index contributed by atoms with van der Waals surface area (Å²) in [6.07, 6.45) is 9.24. The van der Waals surface area contributed by atoms with Crippen LogP contribution in [0.4, 0.5) is 5.69 Å². The Hall–Kier alpha value is -1.76. The summed E-state index contributed by atoms with van der Waals surface area (Å²) < 4.78 is 1.67. The quantitative estimate of drug-likeness (QED) is 0.600. The summed E-state index contributed by atoms with van der Waals surface area (Å²) in [5.74, 6) is 2.74. The molecule has 0 radical (unpaired) electrons. The van der Waals surface area contributed by atoms with Crippen molar-refractivity contribution in [3.05, 3.63) is 12.4 Å². The molecule has 1 saturated heterocycles. The van der Waals surface area contributed by atoms with Crippen LogP contribution < -0.4 is 4.90 Å². The average molecular weight is 189 g/mol. The molecular weight excluding hydrogens is 178 g/mol. The summed E-state index contributed by atoms with van der Waals surface area (Å²) in [5, 5.41) is 4.02. The molecule has 1 amide bonds. The van der Waals surface area contributed by atoms with Crippen LogP contribution in [0.15, 0.2) is 12.4 Å². The maximum absolute atomic E-state index is 11.5. The molecule has 4 nitrogen and oxygen atoms in total. The van der Waals surface area contributed by atoms with Crippen molar-refractivity contribution >= 4 is 11.6 Å². The summed E-state index contributed by atoms with van der Waals surface area (Å²) in [5.41, 5.74) is 0.829. The smallest absolute Gasteiger partial charge is 0.228 e. The molecule has 72 valence electrons. The highest BCUT2D eigenvalue weighted by Crippen LogP contribution is 2.23. The number of rotatable bonds is 1. The van der Waals surface area contributed by atoms with E-state index < -0.39 is 0 Å². The molecule has 1 unspecified atom stereocenters. The second-order valence-corrected chi connectivity index (χ2v) is 3.44. The van der Waals surface area contributed by atoms with Gasteiger partial charge < -0.3 is 4.90 Å². The minimum Gasteiger partial charge on any atom is -0.308 e. The van der Waals surface area contributed by atoms with E-state index in [-0.39, 0.29) is 11.8 Å². The third kappa shape index (κ3) is 1.37. The molecule has 2 heterocycles. The van der Waals surface area contributed by atoms with E-state index in [0.717, 1.165) is 5.69 Å². The lowest BCUT2D eigenvalue weighted by molar-refractivity contribution is -0.117. The van der Waals surface area contributed by atoms with Gasteiger partial charge >= 0.3 is 0 Å². The number of nitrogens with zero attached hydrogens (tertiary/aromatic N) is 3. The number of hydrogen-bond acceptors (Lipinski definition) is 2. The molecule has 0 saturated carbocycles. The molecule has 0 aliphatic carbocycles. The van der Waals surface area contributed by atoms with Crippen molar-refractivity contribution in [3.8, 4) is 12.3 Å². The zero-order valence-electron chi connectivity index (χ0n) is 7.97. The van der Waals surface area contributed by atoms with Gasteiger partial charge in [-0.25, -0.2) is 0 Å². The first-order chi connectivity index (χ1) is 6.70. The van der Waals surface area contributed by atoms with Crippen molar-refractivity contribution in [2.24, 2.45) is 13.0 Å². The molecular formula is C10H11N3O. The van der Waals surface area contributed by atoms with Crippen LogP contribution in [-0.4, -0.2) is 22.2 Å². The normalized spacial score (nSPS) is 21.3. The van der Waals surface area contributed by atoms with E-state index in [2.05, 4.69) is 11.0 Å². The Morgan fingerprint density at radius 1 is 1.71 bits per heavy atom. The summed E-state index contributed by atoms with van der Waals surface area (Å²) in [4.78, 5) is 13.2. The lowest BCUT2D eigenvalue weighted by atomic mass is 10.1. The maximum Gasteiger partial charge on any atom is 0.228 e. The second-order valence-electron chi connectivity index (χ2n) is 3.44. The van der Waals surface area contributed by atoms with Gasteiger partial charge in [0.15, 0.2) is 0 Å². The Morgan fingerprint density at radius 3 is 3.00 bits per heavy atom. The van der Waals surface area contributed by atoms with Gasteiger partial charge in [-0.1, -0.05) is 0 Å². The van der Waals surface area contributed by atoms with Crippen molar-refractivity contribution in [2.75, 3.05) is 11.4 Å². The van der Waals surface area contributed by atoms with E-state index in [9.17, 15) is 4.79 Å². The van der Waals surface area contributed by atoms with E-state index in [4.69, 9.17) is 6.42 Å². The van der Waals surface area contributed by atoms with Crippen LogP contribution in [0.25, 0.3) is 0 Å². The Labute approximate surface area is 82.5 Å². The van der Waals surface area contributed by atoms with Gasteiger partial charge in [0, 0.05) is 32.1 Å². The van der Waals surface area contributed by atoms with Crippen molar-refractivity contribution in [2.45, 2.75) is 6.42 Å². The molecule has 14 heavy (non-hydrogen) atoms. The summed E-state index contributed by atoms with van der Waals surface area (Å²) in [7, 11) is 1.82. The number of amides is 1. The highest BCUT2D eigenvalue weighted by atomic mass is 16.2. The van der Waals surface area contributed by atoms with Gasteiger partial charge in [-0.2, -0.15) is 5.10 Å². The maximum atomic E-state index is 11.5. The third-order valence-electron chi connectivity index (χ3n) is 2.36. The minimum absolute atomic E-state index is 0.0442. The lowest BCUT2D eigenvalue weighted by Crippen LogP contribution is -2.23. The largest absolute Gasteiger partial charge is 0.308 e. The van der Waals surface area contributed by atoms with Gasteiger partial charge in [-0.05, 0) is 0 Å². The van der Waals surface area contributed by atoms with Crippen LogP contribution in [0, 0.1) is 18.3 Å². The Bertz CT molecular complexity index is 402. The molecule has 1 aliphatic heterocycles. The van der Waals surface area contributed by atoms with Crippen LogP contribution in [-0.2, 0) is 11.8 Å². The van der Waals surface area contributed by atoms with Crippen molar-refractivity contribution in [3.63, 3.8) is 0 Å². The topological polar surface area (TPSA) is 38.1 Å². The predicted octanol–water partition coefficient (Wildman–Crippen LogP) is 0.406. The first-order valence-electron chi connectivity index (χ1n) is 4.46. The zero-order valence-corrected chi connectivity index (χ0v) is 7.97. The summed E-state index contributed by atoms with van der Waals surface area (Å²) >= 11 is 0. The monoisotopic (exact) mass is 189 g/mol. The molecule has 1 fully saturated rings. The van der Waals surface area contributed by atoms with Crippen LogP contribution in [0.2, 0.25) is 0 Å². The molecule has 0 bridgehead atoms. The molecule has 1 aliphatic rings. The number of aromatic nitrogens is 2. The molecule has 1 aromatic heterocycles. The fraction of sp³-hybridized carbons (Fsp3) is 0.400. The van der Waals surface area contributed by atoms with Crippen LogP contribution >= 0.6 is 0 Å². The average Bonchev–Trinajstić information content (AvgIpc) is 2.71. The minimum atomic E-state index is 0.0442. The fourth-order valence-electron chi connectivity index (χ4n) is 1.62. The number of terminal acetylenes is 1. The summed E-state index contributed by atoms with van der Waals surface area (Å²) in [6.45, 7) is 0.612. The van der Waals surface area contributed by atoms with E-state index in [1.807, 2.05) is 13.2 Å². The number of hydrogen-bond donors (Lipinski definition) is 0. The third-order valence-corrected chi connectivity index (χ3v) is 2.36. The lowest BCUT2D eigenvalue weighted by Gasteiger charge is -2.12. The molecule has 0 N–H and O–H groups in total. The second kappa shape index (κ2) is 3.18. The molecule has 0 spiro atoms. The number of carbonyl (C=O) groups excluding carboxylic acids is 1. The predicted molar refractivity (Wildman–Crippen MR) is 52.5 cm³/mol. The van der Waals surface area contributed by atoms with Gasteiger partial charge in [0.25, 0.3) is 0 Å². The Kier molecular flexibility index (Phi) is 2.01. The Balaban J connectivity index is 2.21. The number of anilines is 1. The first-order valence-corrected chi connectivity index (χ1v) is 4.46. The van der Waals surface area contributed by atoms with Gasteiger partial charge in [-0.15, -0.1) is 12.3 Å². The van der Waals surface area contributed by atoms with Gasteiger partial charge in [0.05, 0.1) is 11.9 Å². The highest BCUT2D eigenvalue weighted by molar-refractivity contribution is 5.95. The van der Waals surface area contributed by atoms with Gasteiger partial charge in [0.2, 0.25) is 5.91 Å². The number of carbonyl (C=O) groups is 1. The van der Waals surface area contributed by atoms with E-state index >= 15 is 0 Å².